The summed E-state index contributed by atoms with van der Waals surface area (Å²) in [5, 5.41) is 6.06. The van der Waals surface area contributed by atoms with Crippen molar-refractivity contribution in [1.82, 2.24) is 14.8 Å². The van der Waals surface area contributed by atoms with Gasteiger partial charge in [-0.1, -0.05) is 0 Å². The molecule has 0 aromatic rings. The second kappa shape index (κ2) is 4.05. The van der Waals surface area contributed by atoms with E-state index in [0.29, 0.717) is 0 Å². The Labute approximate surface area is 69.1 Å². The molecule has 0 aromatic carbocycles. The zero-order valence-electron chi connectivity index (χ0n) is 8.29. The fourth-order valence-electron chi connectivity index (χ4n) is 0.758. The molecule has 4 nitrogen and oxygen atoms in total. The highest BCUT2D eigenvalue weighted by Crippen LogP contribution is 1.89. The molecule has 0 spiro atoms. The van der Waals surface area contributed by atoms with Gasteiger partial charge in [-0.25, -0.2) is 0 Å². The first-order valence-corrected chi connectivity index (χ1v) is 3.55. The third kappa shape index (κ3) is 3.70. The zero-order valence-corrected chi connectivity index (χ0v) is 8.29. The summed E-state index contributed by atoms with van der Waals surface area (Å²) in [7, 11) is 11.7. The summed E-state index contributed by atoms with van der Waals surface area (Å²) in [6, 6.07) is 0. The van der Waals surface area contributed by atoms with Gasteiger partial charge in [-0.15, -0.1) is 5.10 Å². The normalized spacial score (nSPS) is 8.91. The van der Waals surface area contributed by atoms with Gasteiger partial charge in [0.25, 0.3) is 0 Å². The third-order valence-corrected chi connectivity index (χ3v) is 1.09. The molecule has 0 aliphatic heterocycles. The lowest BCUT2D eigenvalue weighted by molar-refractivity contribution is 0.390. The van der Waals surface area contributed by atoms with Gasteiger partial charge in [0.15, 0.2) is 0 Å². The second-order valence-electron chi connectivity index (χ2n) is 3.04. The molecule has 0 rings (SSSR count). The maximum atomic E-state index is 4.28. The van der Waals surface area contributed by atoms with Crippen molar-refractivity contribution in [2.75, 3.05) is 42.3 Å². The van der Waals surface area contributed by atoms with E-state index in [4.69, 9.17) is 0 Å². The van der Waals surface area contributed by atoms with E-state index in [-0.39, 0.29) is 0 Å². The number of hydrogen-bond donors (Lipinski definition) is 0. The SMILES string of the molecule is CN(C)N=C(N(C)C)N(C)C. The van der Waals surface area contributed by atoms with Crippen molar-refractivity contribution in [3.05, 3.63) is 0 Å². The number of guanidine groups is 1. The summed E-state index contributed by atoms with van der Waals surface area (Å²) in [6.45, 7) is 0. The van der Waals surface area contributed by atoms with Crippen molar-refractivity contribution in [2.24, 2.45) is 5.10 Å². The number of nitrogens with zero attached hydrogens (tertiary/aromatic N) is 4. The van der Waals surface area contributed by atoms with Crippen LogP contribution in [0.5, 0.6) is 0 Å². The molecule has 0 unspecified atom stereocenters. The van der Waals surface area contributed by atoms with Crippen LogP contribution < -0.4 is 0 Å². The Kier molecular flexibility index (Phi) is 3.71. The standard InChI is InChI=1S/C7H18N4/c1-9(2)7(10(3)4)8-11(5)6/h1-6H3. The summed E-state index contributed by atoms with van der Waals surface area (Å²) >= 11 is 0. The highest BCUT2D eigenvalue weighted by Gasteiger charge is 2.03. The van der Waals surface area contributed by atoms with Gasteiger partial charge in [-0.05, 0) is 0 Å². The van der Waals surface area contributed by atoms with Gasteiger partial charge >= 0.3 is 0 Å². The van der Waals surface area contributed by atoms with Crippen LogP contribution in [-0.2, 0) is 0 Å². The highest BCUT2D eigenvalue weighted by molar-refractivity contribution is 5.78. The number of hydrazone groups is 1. The minimum absolute atomic E-state index is 0.940. The topological polar surface area (TPSA) is 22.1 Å². The largest absolute Gasteiger partial charge is 0.347 e. The van der Waals surface area contributed by atoms with Crippen molar-refractivity contribution < 1.29 is 0 Å². The smallest absolute Gasteiger partial charge is 0.218 e. The van der Waals surface area contributed by atoms with E-state index >= 15 is 0 Å². The average molecular weight is 158 g/mol. The Morgan fingerprint density at radius 2 is 1.18 bits per heavy atom. The lowest BCUT2D eigenvalue weighted by atomic mass is 10.7. The van der Waals surface area contributed by atoms with Crippen LogP contribution in [0.15, 0.2) is 5.10 Å². The summed E-state index contributed by atoms with van der Waals surface area (Å²) in [5.74, 6) is 0.940. The quantitative estimate of drug-likeness (QED) is 0.303. The van der Waals surface area contributed by atoms with Crippen LogP contribution in [0.3, 0.4) is 0 Å². The predicted octanol–water partition coefficient (Wildman–Crippen LogP) is -0.0578. The van der Waals surface area contributed by atoms with Crippen molar-refractivity contribution >= 4 is 5.96 Å². The molecule has 11 heavy (non-hydrogen) atoms. The van der Waals surface area contributed by atoms with Gasteiger partial charge in [0.2, 0.25) is 5.96 Å². The maximum Gasteiger partial charge on any atom is 0.218 e. The molecule has 0 saturated carbocycles. The number of rotatable bonds is 1. The van der Waals surface area contributed by atoms with E-state index in [9.17, 15) is 0 Å². The third-order valence-electron chi connectivity index (χ3n) is 1.09. The van der Waals surface area contributed by atoms with E-state index in [2.05, 4.69) is 5.10 Å². The summed E-state index contributed by atoms with van der Waals surface area (Å²) in [6.07, 6.45) is 0. The average Bonchev–Trinajstić information content (AvgIpc) is 1.81. The Balaban J connectivity index is 4.33. The Bertz CT molecular complexity index is 127. The Morgan fingerprint density at radius 3 is 1.27 bits per heavy atom. The molecular formula is C7H18N4. The first-order chi connectivity index (χ1) is 4.95. The zero-order chi connectivity index (χ0) is 9.02. The van der Waals surface area contributed by atoms with Crippen molar-refractivity contribution in [3.8, 4) is 0 Å². The van der Waals surface area contributed by atoms with Crippen LogP contribution in [0, 0.1) is 0 Å². The van der Waals surface area contributed by atoms with Gasteiger partial charge in [0.1, 0.15) is 0 Å². The maximum absolute atomic E-state index is 4.28. The minimum Gasteiger partial charge on any atom is -0.347 e. The van der Waals surface area contributed by atoms with Crippen LogP contribution in [-0.4, -0.2) is 63.1 Å². The van der Waals surface area contributed by atoms with E-state index in [1.807, 2.05) is 52.1 Å². The first-order valence-electron chi connectivity index (χ1n) is 3.55. The van der Waals surface area contributed by atoms with Crippen molar-refractivity contribution in [2.45, 2.75) is 0 Å². The van der Waals surface area contributed by atoms with E-state index in [1.54, 1.807) is 5.01 Å². The summed E-state index contributed by atoms with van der Waals surface area (Å²) in [5.41, 5.74) is 0. The molecule has 66 valence electrons. The molecule has 0 amide bonds. The molecule has 0 N–H and O–H groups in total. The fourth-order valence-corrected chi connectivity index (χ4v) is 0.758. The van der Waals surface area contributed by atoms with Gasteiger partial charge in [-0.2, -0.15) is 0 Å². The van der Waals surface area contributed by atoms with Crippen LogP contribution >= 0.6 is 0 Å². The van der Waals surface area contributed by atoms with Gasteiger partial charge in [0.05, 0.1) is 0 Å². The molecule has 0 bridgehead atoms. The summed E-state index contributed by atoms with van der Waals surface area (Å²) in [4.78, 5) is 3.94. The monoisotopic (exact) mass is 158 g/mol. The molecule has 0 aliphatic carbocycles. The van der Waals surface area contributed by atoms with E-state index in [0.717, 1.165) is 5.96 Å². The van der Waals surface area contributed by atoms with E-state index < -0.39 is 0 Å². The second-order valence-corrected chi connectivity index (χ2v) is 3.04. The van der Waals surface area contributed by atoms with Crippen LogP contribution in [0.1, 0.15) is 0 Å². The van der Waals surface area contributed by atoms with E-state index in [1.165, 1.54) is 0 Å². The molecule has 0 heterocycles. The molecule has 4 heteroatoms. The first kappa shape index (κ1) is 10.1. The Morgan fingerprint density at radius 1 is 0.818 bits per heavy atom. The lowest BCUT2D eigenvalue weighted by Crippen LogP contribution is -2.36. The lowest BCUT2D eigenvalue weighted by Gasteiger charge is -2.23. The predicted molar refractivity (Wildman–Crippen MR) is 48.5 cm³/mol. The Hall–Kier alpha value is -0.930. The van der Waals surface area contributed by atoms with Gasteiger partial charge < -0.3 is 9.80 Å². The summed E-state index contributed by atoms with van der Waals surface area (Å²) < 4.78 is 0. The van der Waals surface area contributed by atoms with Crippen LogP contribution in [0.2, 0.25) is 0 Å². The molecule has 0 aromatic heterocycles. The van der Waals surface area contributed by atoms with Gasteiger partial charge in [-0.3, -0.25) is 5.01 Å². The van der Waals surface area contributed by atoms with Gasteiger partial charge in [0, 0.05) is 42.3 Å². The molecule has 0 fully saturated rings. The van der Waals surface area contributed by atoms with Crippen LogP contribution in [0.4, 0.5) is 0 Å². The van der Waals surface area contributed by atoms with Crippen LogP contribution in [0.25, 0.3) is 0 Å². The molecule has 0 atom stereocenters. The fraction of sp³-hybridized carbons (Fsp3) is 0.857. The molecule has 0 aliphatic rings. The molecule has 0 saturated heterocycles. The minimum atomic E-state index is 0.940. The molecular weight excluding hydrogens is 140 g/mol. The number of hydrogen-bond acceptors (Lipinski definition) is 2. The van der Waals surface area contributed by atoms with Crippen molar-refractivity contribution in [3.63, 3.8) is 0 Å². The molecule has 0 radical (unpaired) electrons. The highest BCUT2D eigenvalue weighted by atomic mass is 15.5. The van der Waals surface area contributed by atoms with Crippen molar-refractivity contribution in [1.29, 1.82) is 0 Å².